The van der Waals surface area contributed by atoms with Gasteiger partial charge in [0.05, 0.1) is 26.8 Å². The summed E-state index contributed by atoms with van der Waals surface area (Å²) in [5.74, 6) is 0. The molecule has 6 heteroatoms. The van der Waals surface area contributed by atoms with Crippen LogP contribution in [0.2, 0.25) is 10.0 Å². The number of imidazole rings is 1. The van der Waals surface area contributed by atoms with E-state index in [1.807, 2.05) is 41.0 Å². The van der Waals surface area contributed by atoms with Gasteiger partial charge in [0.2, 0.25) is 0 Å². The molecular weight excluding hydrogens is 367 g/mol. The molecule has 0 saturated carbocycles. The Morgan fingerprint density at radius 2 is 1.89 bits per heavy atom. The maximum absolute atomic E-state index is 6.29. The van der Waals surface area contributed by atoms with Gasteiger partial charge in [0, 0.05) is 4.47 Å². The van der Waals surface area contributed by atoms with Gasteiger partial charge in [-0.15, -0.1) is 0 Å². The smallest absolute Gasteiger partial charge is 0.182 e. The Morgan fingerprint density at radius 3 is 2.63 bits per heavy atom. The lowest BCUT2D eigenvalue weighted by Gasteiger charge is -2.08. The van der Waals surface area contributed by atoms with Crippen LogP contribution in [0.4, 0.5) is 0 Å². The van der Waals surface area contributed by atoms with E-state index < -0.39 is 0 Å². The van der Waals surface area contributed by atoms with E-state index in [4.69, 9.17) is 35.4 Å². The first-order chi connectivity index (χ1) is 9.08. The third-order valence-corrected chi connectivity index (χ3v) is 4.19. The lowest BCUT2D eigenvalue weighted by Crippen LogP contribution is -1.95. The van der Waals surface area contributed by atoms with Gasteiger partial charge in [-0.1, -0.05) is 45.2 Å². The zero-order valence-electron chi connectivity index (χ0n) is 9.45. The number of halogens is 3. The molecule has 0 aliphatic carbocycles. The van der Waals surface area contributed by atoms with Gasteiger partial charge in [0.15, 0.2) is 4.77 Å². The second-order valence-corrected chi connectivity index (χ2v) is 6.11. The summed E-state index contributed by atoms with van der Waals surface area (Å²) in [6, 6.07) is 11.3. The van der Waals surface area contributed by atoms with Crippen LogP contribution in [-0.4, -0.2) is 9.55 Å². The summed E-state index contributed by atoms with van der Waals surface area (Å²) in [5.41, 5.74) is 2.52. The average Bonchev–Trinajstić information content (AvgIpc) is 2.67. The van der Waals surface area contributed by atoms with Crippen molar-refractivity contribution in [3.63, 3.8) is 0 Å². The van der Waals surface area contributed by atoms with Gasteiger partial charge in [-0.25, -0.2) is 0 Å². The van der Waals surface area contributed by atoms with Crippen molar-refractivity contribution in [2.75, 3.05) is 0 Å². The first-order valence-electron chi connectivity index (χ1n) is 5.42. The molecular formula is C13H7BrCl2N2S. The molecule has 3 rings (SSSR count). The first-order valence-corrected chi connectivity index (χ1v) is 7.38. The molecule has 0 aliphatic rings. The van der Waals surface area contributed by atoms with Crippen molar-refractivity contribution >= 4 is 62.4 Å². The maximum Gasteiger partial charge on any atom is 0.182 e. The van der Waals surface area contributed by atoms with E-state index in [1.54, 1.807) is 0 Å². The predicted molar refractivity (Wildman–Crippen MR) is 86.2 cm³/mol. The lowest BCUT2D eigenvalue weighted by molar-refractivity contribution is 1.06. The topological polar surface area (TPSA) is 20.7 Å². The van der Waals surface area contributed by atoms with Crippen LogP contribution < -0.4 is 0 Å². The third-order valence-electron chi connectivity index (χ3n) is 2.81. The maximum atomic E-state index is 6.29. The van der Waals surface area contributed by atoms with E-state index in [2.05, 4.69) is 20.9 Å². The number of aromatic nitrogens is 2. The Hall–Kier alpha value is -0.810. The highest BCUT2D eigenvalue weighted by Gasteiger charge is 2.12. The Bertz CT molecular complexity index is 838. The lowest BCUT2D eigenvalue weighted by atomic mass is 10.3. The number of fused-ring (bicyclic) bond motifs is 1. The van der Waals surface area contributed by atoms with Crippen molar-refractivity contribution in [2.24, 2.45) is 0 Å². The molecule has 1 heterocycles. The molecule has 96 valence electrons. The van der Waals surface area contributed by atoms with Crippen LogP contribution in [0.15, 0.2) is 40.9 Å². The fourth-order valence-corrected chi connectivity index (χ4v) is 3.33. The summed E-state index contributed by atoms with van der Waals surface area (Å²) >= 11 is 21.3. The minimum Gasteiger partial charge on any atom is -0.330 e. The minimum absolute atomic E-state index is 0.562. The monoisotopic (exact) mass is 372 g/mol. The van der Waals surface area contributed by atoms with E-state index in [0.29, 0.717) is 14.8 Å². The Labute approximate surface area is 133 Å². The fraction of sp³-hybridized carbons (Fsp3) is 0. The number of hydrogen-bond donors (Lipinski definition) is 1. The number of para-hydroxylation sites is 1. The van der Waals surface area contributed by atoms with Crippen molar-refractivity contribution < 1.29 is 0 Å². The van der Waals surface area contributed by atoms with Crippen LogP contribution >= 0.6 is 51.3 Å². The van der Waals surface area contributed by atoms with Gasteiger partial charge in [-0.2, -0.15) is 0 Å². The molecule has 0 saturated heterocycles. The molecule has 3 aromatic rings. The SMILES string of the molecule is S=c1[nH]c2cccc(Cl)c2n1-c1ccc(Br)cc1Cl. The number of nitrogens with zero attached hydrogens (tertiary/aromatic N) is 1. The zero-order valence-corrected chi connectivity index (χ0v) is 13.4. The highest BCUT2D eigenvalue weighted by atomic mass is 79.9. The molecule has 0 unspecified atom stereocenters. The van der Waals surface area contributed by atoms with Crippen LogP contribution in [0, 0.1) is 4.77 Å². The third kappa shape index (κ3) is 2.23. The number of nitrogens with one attached hydrogen (secondary N) is 1. The molecule has 2 aromatic carbocycles. The second kappa shape index (κ2) is 4.94. The largest absolute Gasteiger partial charge is 0.330 e. The van der Waals surface area contributed by atoms with Gasteiger partial charge in [-0.05, 0) is 42.5 Å². The first kappa shape index (κ1) is 13.2. The Balaban J connectivity index is 2.42. The summed E-state index contributed by atoms with van der Waals surface area (Å²) < 4.78 is 3.33. The molecule has 0 fully saturated rings. The van der Waals surface area contributed by atoms with E-state index >= 15 is 0 Å². The van der Waals surface area contributed by atoms with Gasteiger partial charge in [-0.3, -0.25) is 4.57 Å². The van der Waals surface area contributed by atoms with Gasteiger partial charge in [0.25, 0.3) is 0 Å². The molecule has 0 radical (unpaired) electrons. The second-order valence-electron chi connectivity index (χ2n) is 4.00. The zero-order chi connectivity index (χ0) is 13.6. The van der Waals surface area contributed by atoms with Gasteiger partial charge < -0.3 is 4.98 Å². The van der Waals surface area contributed by atoms with Crippen molar-refractivity contribution in [3.8, 4) is 5.69 Å². The molecule has 2 nitrogen and oxygen atoms in total. The summed E-state index contributed by atoms with van der Waals surface area (Å²) in [7, 11) is 0. The van der Waals surface area contributed by atoms with E-state index in [9.17, 15) is 0 Å². The van der Waals surface area contributed by atoms with Crippen LogP contribution in [0.3, 0.4) is 0 Å². The molecule has 0 atom stereocenters. The summed E-state index contributed by atoms with van der Waals surface area (Å²) in [4.78, 5) is 3.13. The van der Waals surface area contributed by atoms with Crippen LogP contribution in [0.1, 0.15) is 0 Å². The van der Waals surface area contributed by atoms with Crippen molar-refractivity contribution in [1.29, 1.82) is 0 Å². The molecule has 0 aliphatic heterocycles. The van der Waals surface area contributed by atoms with Gasteiger partial charge in [0.1, 0.15) is 0 Å². The molecule has 0 spiro atoms. The summed E-state index contributed by atoms with van der Waals surface area (Å²) in [6.07, 6.45) is 0. The minimum atomic E-state index is 0.562. The number of benzene rings is 2. The highest BCUT2D eigenvalue weighted by molar-refractivity contribution is 9.10. The fourth-order valence-electron chi connectivity index (χ4n) is 2.01. The van der Waals surface area contributed by atoms with Crippen molar-refractivity contribution in [1.82, 2.24) is 9.55 Å². The standard InChI is InChI=1S/C13H7BrCl2N2S/c14-7-4-5-11(9(16)6-7)18-12-8(15)2-1-3-10(12)17-13(18)19/h1-6H,(H,17,19). The van der Waals surface area contributed by atoms with Crippen molar-refractivity contribution in [3.05, 3.63) is 55.7 Å². The molecule has 0 bridgehead atoms. The van der Waals surface area contributed by atoms with E-state index in [1.165, 1.54) is 0 Å². The molecule has 1 aromatic heterocycles. The van der Waals surface area contributed by atoms with E-state index in [-0.39, 0.29) is 0 Å². The number of H-pyrrole nitrogens is 1. The van der Waals surface area contributed by atoms with Crippen LogP contribution in [0.5, 0.6) is 0 Å². The Morgan fingerprint density at radius 1 is 1.11 bits per heavy atom. The average molecular weight is 374 g/mol. The summed E-state index contributed by atoms with van der Waals surface area (Å²) in [6.45, 7) is 0. The summed E-state index contributed by atoms with van der Waals surface area (Å²) in [5, 5.41) is 1.23. The molecule has 0 amide bonds. The van der Waals surface area contributed by atoms with Gasteiger partial charge >= 0.3 is 0 Å². The van der Waals surface area contributed by atoms with Crippen molar-refractivity contribution in [2.45, 2.75) is 0 Å². The van der Waals surface area contributed by atoms with Crippen LogP contribution in [0.25, 0.3) is 16.7 Å². The Kier molecular flexibility index (Phi) is 3.43. The normalized spacial score (nSPS) is 11.1. The highest BCUT2D eigenvalue weighted by Crippen LogP contribution is 2.31. The molecule has 1 N–H and O–H groups in total. The predicted octanol–water partition coefficient (Wildman–Crippen LogP) is 5.76. The number of rotatable bonds is 1. The quantitative estimate of drug-likeness (QED) is 0.538. The number of aromatic amines is 1. The van der Waals surface area contributed by atoms with Crippen LogP contribution in [-0.2, 0) is 0 Å². The number of hydrogen-bond acceptors (Lipinski definition) is 1. The van der Waals surface area contributed by atoms with E-state index in [0.717, 1.165) is 21.2 Å². The molecule has 19 heavy (non-hydrogen) atoms.